The van der Waals surface area contributed by atoms with Gasteiger partial charge in [0.15, 0.2) is 11.6 Å². The van der Waals surface area contributed by atoms with E-state index in [9.17, 15) is 23.2 Å². The summed E-state index contributed by atoms with van der Waals surface area (Å²) in [4.78, 5) is 36.5. The summed E-state index contributed by atoms with van der Waals surface area (Å²) in [7, 11) is 0. The van der Waals surface area contributed by atoms with Crippen molar-refractivity contribution in [3.63, 3.8) is 0 Å². The molecule has 0 aromatic heterocycles. The van der Waals surface area contributed by atoms with E-state index in [2.05, 4.69) is 10.6 Å². The van der Waals surface area contributed by atoms with Gasteiger partial charge >= 0.3 is 5.97 Å². The van der Waals surface area contributed by atoms with Gasteiger partial charge in [-0.15, -0.1) is 11.8 Å². The lowest BCUT2D eigenvalue weighted by Gasteiger charge is -2.27. The fraction of sp³-hybridized carbons (Fsp3) is 0.400. The number of carbonyl (C=O) groups is 3. The van der Waals surface area contributed by atoms with Crippen LogP contribution in [-0.4, -0.2) is 47.3 Å². The van der Waals surface area contributed by atoms with Crippen LogP contribution in [0.25, 0.3) is 0 Å². The van der Waals surface area contributed by atoms with Crippen molar-refractivity contribution in [2.24, 2.45) is 5.92 Å². The molecule has 3 N–H and O–H groups in total. The highest BCUT2D eigenvalue weighted by Gasteiger charge is 2.29. The lowest BCUT2D eigenvalue weighted by molar-refractivity contribution is -0.143. The molecule has 0 saturated heterocycles. The van der Waals surface area contributed by atoms with Crippen LogP contribution < -0.4 is 15.4 Å². The molecule has 2 aromatic rings. The molecule has 10 heteroatoms. The molecule has 1 fully saturated rings. The number of carboxylic acids is 1. The second-order valence-corrected chi connectivity index (χ2v) is 9.93. The Balaban J connectivity index is 1.19. The van der Waals surface area contributed by atoms with Gasteiger partial charge in [0.1, 0.15) is 5.82 Å². The summed E-state index contributed by atoms with van der Waals surface area (Å²) in [5, 5.41) is 14.1. The summed E-state index contributed by atoms with van der Waals surface area (Å²) in [6, 6.07) is 8.44. The summed E-state index contributed by atoms with van der Waals surface area (Å²) in [5.74, 6) is -2.84. The molecule has 2 aliphatic rings. The summed E-state index contributed by atoms with van der Waals surface area (Å²) in [6.07, 6.45) is 2.31. The first kappa shape index (κ1) is 25.0. The molecule has 1 aliphatic carbocycles. The molecular formula is C25H26F2N2O5S. The van der Waals surface area contributed by atoms with Gasteiger partial charge in [0.2, 0.25) is 5.91 Å². The molecule has 1 unspecified atom stereocenters. The Bertz CT molecular complexity index is 1120. The van der Waals surface area contributed by atoms with E-state index in [1.165, 1.54) is 36.0 Å². The van der Waals surface area contributed by atoms with Crippen LogP contribution in [0.5, 0.6) is 5.75 Å². The molecule has 0 radical (unpaired) electrons. The van der Waals surface area contributed by atoms with Gasteiger partial charge in [0, 0.05) is 23.5 Å². The van der Waals surface area contributed by atoms with Gasteiger partial charge in [-0.25, -0.2) is 8.78 Å². The average molecular weight is 505 g/mol. The van der Waals surface area contributed by atoms with Crippen molar-refractivity contribution >= 4 is 29.5 Å². The normalized spacial score (nSPS) is 21.1. The van der Waals surface area contributed by atoms with Crippen LogP contribution in [-0.2, 0) is 16.0 Å². The summed E-state index contributed by atoms with van der Waals surface area (Å²) < 4.78 is 33.5. The number of benzene rings is 2. The van der Waals surface area contributed by atoms with E-state index < -0.39 is 17.7 Å². The Morgan fingerprint density at radius 1 is 1.00 bits per heavy atom. The van der Waals surface area contributed by atoms with Gasteiger partial charge in [-0.2, -0.15) is 0 Å². The van der Waals surface area contributed by atoms with Gasteiger partial charge in [-0.1, -0.05) is 6.07 Å². The Hall–Kier alpha value is -3.14. The number of halogens is 2. The van der Waals surface area contributed by atoms with Crippen molar-refractivity contribution in [2.45, 2.75) is 48.4 Å². The standard InChI is InChI=1S/C25H26F2N2O5S/c26-17-5-1-15-12-22(35-21(15)13-17)24(31)29-10-9-28-23(30)16-4-8-20(19(27)11-16)34-18-6-2-14(3-7-18)25(32)33/h1,4-5,8,11,13-14,18,22H,2-3,6-7,9-10,12H2,(H,28,30)(H,29,31)(H,32,33)/t14-,18+,22?. The molecule has 1 saturated carbocycles. The first-order chi connectivity index (χ1) is 16.8. The monoisotopic (exact) mass is 504 g/mol. The number of rotatable bonds is 8. The van der Waals surface area contributed by atoms with E-state index in [1.807, 2.05) is 0 Å². The van der Waals surface area contributed by atoms with Crippen molar-refractivity contribution in [1.29, 1.82) is 0 Å². The molecule has 186 valence electrons. The van der Waals surface area contributed by atoms with E-state index in [4.69, 9.17) is 9.84 Å². The molecule has 2 aromatic carbocycles. The predicted molar refractivity (Wildman–Crippen MR) is 126 cm³/mol. The SMILES string of the molecule is O=C(NCCNC(=O)C1Cc2ccc(F)cc2S1)c1ccc(O[C@H]2CC[C@@H](C(=O)O)CC2)c(F)c1. The fourth-order valence-corrected chi connectivity index (χ4v) is 5.51. The highest BCUT2D eigenvalue weighted by atomic mass is 32.2. The molecular weight excluding hydrogens is 478 g/mol. The fourth-order valence-electron chi connectivity index (χ4n) is 4.27. The number of carboxylic acid groups (broad SMARTS) is 1. The topological polar surface area (TPSA) is 105 Å². The molecule has 4 rings (SSSR count). The smallest absolute Gasteiger partial charge is 0.306 e. The highest BCUT2D eigenvalue weighted by Crippen LogP contribution is 2.37. The molecule has 1 atom stereocenters. The van der Waals surface area contributed by atoms with Crippen molar-refractivity contribution in [3.8, 4) is 5.75 Å². The number of amides is 2. The zero-order chi connectivity index (χ0) is 24.9. The molecule has 7 nitrogen and oxygen atoms in total. The zero-order valence-electron chi connectivity index (χ0n) is 18.9. The summed E-state index contributed by atoms with van der Waals surface area (Å²) in [5.41, 5.74) is 1.06. The van der Waals surface area contributed by atoms with Crippen molar-refractivity contribution in [1.82, 2.24) is 10.6 Å². The number of fused-ring (bicyclic) bond motifs is 1. The minimum absolute atomic E-state index is 0.0301. The molecule has 0 bridgehead atoms. The van der Waals surface area contributed by atoms with Crippen molar-refractivity contribution in [3.05, 3.63) is 59.2 Å². The number of carbonyl (C=O) groups excluding carboxylic acids is 2. The summed E-state index contributed by atoms with van der Waals surface area (Å²) >= 11 is 1.32. The van der Waals surface area contributed by atoms with Gasteiger partial charge in [-0.05, 0) is 68.0 Å². The summed E-state index contributed by atoms with van der Waals surface area (Å²) in [6.45, 7) is 0.366. The third kappa shape index (κ3) is 6.30. The molecule has 0 spiro atoms. The number of ether oxygens (including phenoxy) is 1. The molecule has 1 aliphatic heterocycles. The van der Waals surface area contributed by atoms with Gasteiger partial charge < -0.3 is 20.5 Å². The van der Waals surface area contributed by atoms with Crippen molar-refractivity contribution in [2.75, 3.05) is 13.1 Å². The van der Waals surface area contributed by atoms with Gasteiger partial charge in [0.25, 0.3) is 5.91 Å². The zero-order valence-corrected chi connectivity index (χ0v) is 19.7. The lowest BCUT2D eigenvalue weighted by Crippen LogP contribution is -2.38. The third-order valence-corrected chi connectivity index (χ3v) is 7.52. The van der Waals surface area contributed by atoms with Crippen LogP contribution in [0, 0.1) is 17.6 Å². The minimum atomic E-state index is -0.816. The third-order valence-electron chi connectivity index (χ3n) is 6.22. The Morgan fingerprint density at radius 3 is 2.46 bits per heavy atom. The van der Waals surface area contributed by atoms with E-state index >= 15 is 0 Å². The Kier molecular flexibility index (Phi) is 7.90. The van der Waals surface area contributed by atoms with Crippen LogP contribution in [0.4, 0.5) is 8.78 Å². The Labute approximate surface area is 205 Å². The van der Waals surface area contributed by atoms with E-state index in [1.54, 1.807) is 6.07 Å². The largest absolute Gasteiger partial charge is 0.487 e. The first-order valence-electron chi connectivity index (χ1n) is 11.5. The maximum absolute atomic E-state index is 14.5. The van der Waals surface area contributed by atoms with Crippen LogP contribution in [0.2, 0.25) is 0 Å². The number of aliphatic carboxylic acids is 1. The van der Waals surface area contributed by atoms with E-state index in [0.717, 1.165) is 16.5 Å². The second-order valence-electron chi connectivity index (χ2n) is 8.68. The molecule has 2 amide bonds. The van der Waals surface area contributed by atoms with Crippen LogP contribution in [0.3, 0.4) is 0 Å². The quantitative estimate of drug-likeness (QED) is 0.475. The minimum Gasteiger partial charge on any atom is -0.487 e. The van der Waals surface area contributed by atoms with Gasteiger partial charge in [0.05, 0.1) is 17.3 Å². The first-order valence-corrected chi connectivity index (χ1v) is 12.4. The average Bonchev–Trinajstić information content (AvgIpc) is 3.26. The maximum atomic E-state index is 14.5. The Morgan fingerprint density at radius 2 is 1.74 bits per heavy atom. The number of nitrogens with one attached hydrogen (secondary N) is 2. The predicted octanol–water partition coefficient (Wildman–Crippen LogP) is 3.55. The molecule has 1 heterocycles. The van der Waals surface area contributed by atoms with E-state index in [0.29, 0.717) is 32.1 Å². The van der Waals surface area contributed by atoms with Crippen LogP contribution in [0.15, 0.2) is 41.3 Å². The second kappa shape index (κ2) is 11.1. The maximum Gasteiger partial charge on any atom is 0.306 e. The van der Waals surface area contributed by atoms with Crippen molar-refractivity contribution < 1.29 is 33.0 Å². The van der Waals surface area contributed by atoms with Crippen LogP contribution in [0.1, 0.15) is 41.6 Å². The number of hydrogen-bond acceptors (Lipinski definition) is 5. The van der Waals surface area contributed by atoms with E-state index in [-0.39, 0.29) is 53.4 Å². The van der Waals surface area contributed by atoms with Crippen LogP contribution >= 0.6 is 11.8 Å². The van der Waals surface area contributed by atoms with Gasteiger partial charge in [-0.3, -0.25) is 14.4 Å². The lowest BCUT2D eigenvalue weighted by atomic mass is 9.87. The number of hydrogen-bond donors (Lipinski definition) is 3. The highest BCUT2D eigenvalue weighted by molar-refractivity contribution is 8.01. The number of thioether (sulfide) groups is 1. The molecule has 35 heavy (non-hydrogen) atoms.